The fourth-order valence-electron chi connectivity index (χ4n) is 3.74. The van der Waals surface area contributed by atoms with Crippen LogP contribution in [0.25, 0.3) is 5.69 Å². The van der Waals surface area contributed by atoms with Gasteiger partial charge in [-0.05, 0) is 54.2 Å². The predicted molar refractivity (Wildman–Crippen MR) is 207 cm³/mol. The number of nitro groups is 1. The third kappa shape index (κ3) is 18.8. The lowest BCUT2D eigenvalue weighted by molar-refractivity contribution is -0.383. The van der Waals surface area contributed by atoms with E-state index < -0.39 is 78.2 Å². The lowest BCUT2D eigenvalue weighted by atomic mass is 10.1. The minimum Gasteiger partial charge on any atom is -0.778 e. The molecule has 2 heterocycles. The molecule has 0 bridgehead atoms. The van der Waals surface area contributed by atoms with Crippen molar-refractivity contribution in [3.8, 4) is 5.69 Å². The Balaban J connectivity index is 0.000000452. The van der Waals surface area contributed by atoms with Crippen LogP contribution in [0.15, 0.2) is 60.0 Å². The normalized spacial score (nSPS) is 12.0. The van der Waals surface area contributed by atoms with Gasteiger partial charge in [0.05, 0.1) is 63.4 Å². The maximum absolute atomic E-state index is 13.0. The van der Waals surface area contributed by atoms with Crippen LogP contribution in [0.2, 0.25) is 10.0 Å². The molecule has 8 N–H and O–H groups in total. The summed E-state index contributed by atoms with van der Waals surface area (Å²) in [6.45, 7) is 0.976. The summed E-state index contributed by atoms with van der Waals surface area (Å²) in [4.78, 5) is 64.3. The van der Waals surface area contributed by atoms with Crippen molar-refractivity contribution in [3.05, 3.63) is 103 Å². The summed E-state index contributed by atoms with van der Waals surface area (Å²) in [5.41, 5.74) is 5.94. The number of pyridine rings is 1. The second-order valence-electron chi connectivity index (χ2n) is 11.3. The number of hydrogen-bond donors (Lipinski definition) is 7. The highest BCUT2D eigenvalue weighted by atomic mass is 35.5. The number of carbonyl (C=O) groups is 3. The highest BCUT2D eigenvalue weighted by Gasteiger charge is 2.33. The Kier molecular flexibility index (Phi) is 20.3. The van der Waals surface area contributed by atoms with Crippen LogP contribution in [-0.4, -0.2) is 90.1 Å². The Morgan fingerprint density at radius 2 is 1.61 bits per heavy atom. The number of aromatic nitrogens is 3. The number of hydrogen-bond acceptors (Lipinski definition) is 12. The molecule has 19 nitrogen and oxygen atoms in total. The van der Waals surface area contributed by atoms with Crippen LogP contribution >= 0.6 is 30.8 Å². The Morgan fingerprint density at radius 3 is 2.05 bits per heavy atom. The quantitative estimate of drug-likeness (QED) is 0.0277. The Hall–Kier alpha value is -5.43. The molecule has 0 spiro atoms. The van der Waals surface area contributed by atoms with E-state index in [2.05, 4.69) is 44.7 Å². The molecule has 2 aromatic heterocycles. The molecule has 0 saturated heterocycles. The number of hydrazone groups is 1. The van der Waals surface area contributed by atoms with E-state index in [0.717, 1.165) is 23.0 Å². The first-order valence-corrected chi connectivity index (χ1v) is 20.4. The van der Waals surface area contributed by atoms with Crippen molar-refractivity contribution in [2.24, 2.45) is 5.10 Å². The number of nitrogens with zero attached hydrogens (tertiary/aromatic N) is 5. The third-order valence-electron chi connectivity index (χ3n) is 5.95. The van der Waals surface area contributed by atoms with E-state index in [9.17, 15) is 55.9 Å². The Bertz CT molecular complexity index is 2170. The third-order valence-corrected chi connectivity index (χ3v) is 7.15. The number of alkyl halides is 3. The molecule has 0 aliphatic carbocycles. The number of rotatable bonds is 10. The molecule has 0 radical (unpaired) electrons. The van der Waals surface area contributed by atoms with E-state index in [1.807, 2.05) is 5.32 Å². The molecule has 59 heavy (non-hydrogen) atoms. The SMILES string of the molecule is C/C(=N\NC(=O)Nc1cc(F)cc(F)c1)c1ncccc1C(=O)O.C[S+](C)C.Nc1c([N+](=O)[O-])cnn1-c1c(Cl)cc(C(F)(F)F)cc1Cl.O=C(O)CNCP(=O)([O-])O. The van der Waals surface area contributed by atoms with E-state index >= 15 is 0 Å². The highest BCUT2D eigenvalue weighted by molar-refractivity contribution is 7.94. The molecule has 4 aromatic rings. The second kappa shape index (κ2) is 23.2. The highest BCUT2D eigenvalue weighted by Crippen LogP contribution is 2.39. The van der Waals surface area contributed by atoms with Gasteiger partial charge in [0, 0.05) is 18.0 Å². The number of carboxylic acid groups (broad SMARTS) is 2. The van der Waals surface area contributed by atoms with Crippen LogP contribution in [0.5, 0.6) is 0 Å². The zero-order valence-corrected chi connectivity index (χ0v) is 33.8. The van der Waals surface area contributed by atoms with Gasteiger partial charge in [-0.3, -0.25) is 25.2 Å². The monoisotopic (exact) mass is 919 g/mol. The lowest BCUT2D eigenvalue weighted by Crippen LogP contribution is -2.26. The standard InChI is InChI=1S/C15H12F2N4O3.C10H5Cl2F3N4O2.C3H8NO5P.C3H9S/c1-8(13-12(14(22)23)3-2-4-18-13)20-21-15(24)19-11-6-9(16)5-10(17)7-11;11-5-1-4(10(13,14)15)2-6(12)8(5)18-9(16)7(3-17-18)19(20)21;5-3(6)1-4-2-10(7,8)9;1-4(2)3/h2-7H,1H3,(H,22,23)(H2,19,21,24);1-3H,16H2;4H,1-2H2,(H,5,6)(H2,7,8,9);1-3H3/q;;;+1/p-1/b20-8+;;;. The summed E-state index contributed by atoms with van der Waals surface area (Å²) < 4.78 is 74.7. The Labute approximate surface area is 343 Å². The number of amides is 2. The van der Waals surface area contributed by atoms with Crippen LogP contribution < -0.4 is 26.7 Å². The zero-order valence-electron chi connectivity index (χ0n) is 30.6. The van der Waals surface area contributed by atoms with Gasteiger partial charge in [0.2, 0.25) is 5.82 Å². The number of carboxylic acids is 2. The summed E-state index contributed by atoms with van der Waals surface area (Å²) in [6, 6.07) is 5.75. The Morgan fingerprint density at radius 1 is 1.07 bits per heavy atom. The number of carbonyl (C=O) groups excluding carboxylic acids is 1. The molecule has 1 unspecified atom stereocenters. The molecule has 322 valence electrons. The zero-order chi connectivity index (χ0) is 45.4. The van der Waals surface area contributed by atoms with Gasteiger partial charge >= 0.3 is 29.8 Å². The van der Waals surface area contributed by atoms with Gasteiger partial charge < -0.3 is 35.6 Å². The summed E-state index contributed by atoms with van der Waals surface area (Å²) in [6.07, 6.45) is 3.48. The smallest absolute Gasteiger partial charge is 0.416 e. The van der Waals surface area contributed by atoms with E-state index in [1.54, 1.807) is 0 Å². The topological polar surface area (TPSA) is 300 Å². The van der Waals surface area contributed by atoms with Crippen molar-refractivity contribution in [3.63, 3.8) is 0 Å². The van der Waals surface area contributed by atoms with Gasteiger partial charge in [-0.1, -0.05) is 23.2 Å². The van der Waals surface area contributed by atoms with Crippen molar-refractivity contribution < 1.29 is 65.8 Å². The van der Waals surface area contributed by atoms with Gasteiger partial charge in [-0.2, -0.15) is 23.4 Å². The molecule has 0 aliphatic heterocycles. The first-order valence-electron chi connectivity index (χ1n) is 15.4. The number of nitrogen functional groups attached to an aromatic ring is 1. The molecule has 0 saturated carbocycles. The van der Waals surface area contributed by atoms with Gasteiger partial charge in [0.15, 0.2) is 0 Å². The maximum Gasteiger partial charge on any atom is 0.416 e. The van der Waals surface area contributed by atoms with Gasteiger partial charge in [0.1, 0.15) is 36.8 Å². The molecule has 2 amide bonds. The minimum absolute atomic E-state index is 0.0758. The maximum atomic E-state index is 13.0. The average molecular weight is 921 g/mol. The first kappa shape index (κ1) is 51.6. The number of benzene rings is 2. The molecule has 2 aromatic carbocycles. The number of aliphatic carboxylic acids is 1. The number of anilines is 2. The number of urea groups is 1. The average Bonchev–Trinajstić information content (AvgIpc) is 3.46. The molecular weight excluding hydrogens is 887 g/mol. The van der Waals surface area contributed by atoms with Crippen molar-refractivity contribution in [2.45, 2.75) is 13.1 Å². The fourth-order valence-corrected chi connectivity index (χ4v) is 4.78. The van der Waals surface area contributed by atoms with Crippen LogP contribution in [-0.2, 0) is 26.4 Å². The van der Waals surface area contributed by atoms with Crippen LogP contribution in [0, 0.1) is 21.7 Å². The molecule has 1 atom stereocenters. The fraction of sp³-hybridized carbons (Fsp3) is 0.226. The molecule has 28 heteroatoms. The second-order valence-corrected chi connectivity index (χ2v) is 16.2. The molecule has 0 fully saturated rings. The van der Waals surface area contributed by atoms with E-state index in [0.29, 0.717) is 29.1 Å². The van der Waals surface area contributed by atoms with E-state index in [1.165, 1.54) is 25.3 Å². The number of nitrogens with two attached hydrogens (primary N) is 1. The summed E-state index contributed by atoms with van der Waals surface area (Å²) in [5.74, 6) is -4.45. The number of nitrogens with one attached hydrogen (secondary N) is 3. The molecular formula is C31H33Cl2F5N9O10PS. The minimum atomic E-state index is -4.63. The largest absolute Gasteiger partial charge is 0.778 e. The van der Waals surface area contributed by atoms with Gasteiger partial charge in [-0.15, -0.1) is 0 Å². The van der Waals surface area contributed by atoms with E-state index in [-0.39, 0.29) is 38.4 Å². The summed E-state index contributed by atoms with van der Waals surface area (Å²) in [5, 5.41) is 38.5. The van der Waals surface area contributed by atoms with Crippen molar-refractivity contribution >= 4 is 82.6 Å². The van der Waals surface area contributed by atoms with Crippen molar-refractivity contribution in [1.29, 1.82) is 0 Å². The summed E-state index contributed by atoms with van der Waals surface area (Å²) in [7, 11) is -3.71. The number of halogens is 7. The van der Waals surface area contributed by atoms with Crippen LogP contribution in [0.3, 0.4) is 0 Å². The van der Waals surface area contributed by atoms with Crippen molar-refractivity contribution in [1.82, 2.24) is 25.5 Å². The molecule has 0 aliphatic rings. The van der Waals surface area contributed by atoms with Gasteiger partial charge in [-0.25, -0.2) is 28.5 Å². The van der Waals surface area contributed by atoms with Crippen molar-refractivity contribution in [2.75, 3.05) is 42.6 Å². The van der Waals surface area contributed by atoms with E-state index in [4.69, 9.17) is 44.0 Å². The predicted octanol–water partition coefficient (Wildman–Crippen LogP) is 4.95. The first-order chi connectivity index (χ1) is 27.1. The van der Waals surface area contributed by atoms with Gasteiger partial charge in [0.25, 0.3) is 0 Å². The molecule has 4 rings (SSSR count). The lowest BCUT2D eigenvalue weighted by Gasteiger charge is -2.14. The van der Waals surface area contributed by atoms with Crippen LogP contribution in [0.1, 0.15) is 28.5 Å². The van der Waals surface area contributed by atoms with Crippen LogP contribution in [0.4, 0.5) is 43.9 Å². The number of aromatic carboxylic acids is 1. The summed E-state index contributed by atoms with van der Waals surface area (Å²) >= 11 is 11.5.